The van der Waals surface area contributed by atoms with Crippen LogP contribution in [0.25, 0.3) is 6.08 Å². The summed E-state index contributed by atoms with van der Waals surface area (Å²) in [4.78, 5) is 24.3. The van der Waals surface area contributed by atoms with E-state index in [1.165, 1.54) is 44.2 Å². The maximum absolute atomic E-state index is 13.8. The summed E-state index contributed by atoms with van der Waals surface area (Å²) in [6.45, 7) is 2.67. The molecule has 8 heteroatoms. The number of cyclic esters (lactones) is 2. The lowest BCUT2D eigenvalue weighted by Crippen LogP contribution is -2.41. The molecule has 28 heavy (non-hydrogen) atoms. The smallest absolute Gasteiger partial charge is 0.348 e. The van der Waals surface area contributed by atoms with E-state index in [0.29, 0.717) is 10.6 Å². The zero-order chi connectivity index (χ0) is 20.5. The topological polar surface area (TPSA) is 61.8 Å². The van der Waals surface area contributed by atoms with Crippen LogP contribution < -0.4 is 4.74 Å². The van der Waals surface area contributed by atoms with Crippen molar-refractivity contribution >= 4 is 29.6 Å². The summed E-state index contributed by atoms with van der Waals surface area (Å²) < 4.78 is 42.5. The molecule has 0 aliphatic carbocycles. The van der Waals surface area contributed by atoms with Gasteiger partial charge in [-0.1, -0.05) is 11.6 Å². The highest BCUT2D eigenvalue weighted by atomic mass is 35.5. The molecule has 146 valence electrons. The molecule has 1 aliphatic rings. The van der Waals surface area contributed by atoms with Crippen molar-refractivity contribution < 1.29 is 32.6 Å². The summed E-state index contributed by atoms with van der Waals surface area (Å²) in [5, 5.41) is 0.324. The van der Waals surface area contributed by atoms with Gasteiger partial charge in [0.2, 0.25) is 0 Å². The third-order valence-electron chi connectivity index (χ3n) is 3.79. The van der Waals surface area contributed by atoms with E-state index in [2.05, 4.69) is 0 Å². The van der Waals surface area contributed by atoms with Gasteiger partial charge in [-0.25, -0.2) is 18.4 Å². The number of carbonyl (C=O) groups is 2. The summed E-state index contributed by atoms with van der Waals surface area (Å²) in [5.41, 5.74) is 0.0891. The Balaban J connectivity index is 1.89. The highest BCUT2D eigenvalue weighted by Crippen LogP contribution is 2.29. The van der Waals surface area contributed by atoms with Crippen molar-refractivity contribution in [3.63, 3.8) is 0 Å². The second-order valence-corrected chi connectivity index (χ2v) is 6.88. The largest absolute Gasteiger partial charge is 0.488 e. The van der Waals surface area contributed by atoms with Gasteiger partial charge >= 0.3 is 11.9 Å². The van der Waals surface area contributed by atoms with Gasteiger partial charge in [-0.2, -0.15) is 0 Å². The first-order chi connectivity index (χ1) is 13.1. The van der Waals surface area contributed by atoms with Crippen molar-refractivity contribution in [2.75, 3.05) is 0 Å². The Morgan fingerprint density at radius 3 is 2.39 bits per heavy atom. The SMILES string of the molecule is CC1(C)OC(=O)C(=Cc2cc(Cl)ccc2OCc2ccc(F)cc2F)C(=O)O1. The van der Waals surface area contributed by atoms with Crippen LogP contribution >= 0.6 is 11.6 Å². The number of ether oxygens (including phenoxy) is 3. The van der Waals surface area contributed by atoms with Gasteiger partial charge in [0.05, 0.1) is 0 Å². The predicted octanol–water partition coefficient (Wildman–Crippen LogP) is 4.42. The molecule has 0 unspecified atom stereocenters. The highest BCUT2D eigenvalue weighted by molar-refractivity contribution is 6.30. The maximum atomic E-state index is 13.8. The van der Waals surface area contributed by atoms with Crippen LogP contribution in [0.2, 0.25) is 5.02 Å². The summed E-state index contributed by atoms with van der Waals surface area (Å²) in [5.74, 6) is -4.29. The van der Waals surface area contributed by atoms with Crippen molar-refractivity contribution in [2.45, 2.75) is 26.2 Å². The Hall–Kier alpha value is -2.93. The number of hydrogen-bond donors (Lipinski definition) is 0. The van der Waals surface area contributed by atoms with Crippen LogP contribution in [0.3, 0.4) is 0 Å². The van der Waals surface area contributed by atoms with Gasteiger partial charge in [0.25, 0.3) is 5.79 Å². The molecule has 2 aromatic carbocycles. The molecule has 0 radical (unpaired) electrons. The minimum Gasteiger partial charge on any atom is -0.488 e. The molecule has 1 heterocycles. The molecular weight excluding hydrogens is 394 g/mol. The average Bonchev–Trinajstić information content (AvgIpc) is 2.58. The number of carbonyl (C=O) groups excluding carboxylic acids is 2. The second kappa shape index (κ2) is 7.59. The summed E-state index contributed by atoms with van der Waals surface area (Å²) in [6, 6.07) is 7.61. The van der Waals surface area contributed by atoms with E-state index in [4.69, 9.17) is 25.8 Å². The lowest BCUT2D eigenvalue weighted by atomic mass is 10.1. The Bertz CT molecular complexity index is 963. The van der Waals surface area contributed by atoms with Gasteiger partial charge in [0.15, 0.2) is 0 Å². The normalized spacial score (nSPS) is 15.7. The van der Waals surface area contributed by atoms with Crippen LogP contribution in [0.4, 0.5) is 8.78 Å². The zero-order valence-corrected chi connectivity index (χ0v) is 15.7. The number of rotatable bonds is 4. The third kappa shape index (κ3) is 4.48. The predicted molar refractivity (Wildman–Crippen MR) is 96.4 cm³/mol. The maximum Gasteiger partial charge on any atom is 0.348 e. The van der Waals surface area contributed by atoms with Gasteiger partial charge in [0, 0.05) is 36.1 Å². The summed E-state index contributed by atoms with van der Waals surface area (Å²) in [7, 11) is 0. The van der Waals surface area contributed by atoms with Gasteiger partial charge in [0.1, 0.15) is 29.6 Å². The van der Waals surface area contributed by atoms with Gasteiger partial charge in [-0.15, -0.1) is 0 Å². The molecular formula is C20H15ClF2O5. The van der Waals surface area contributed by atoms with E-state index < -0.39 is 29.4 Å². The molecule has 0 saturated carbocycles. The Labute approximate surface area is 164 Å². The molecule has 5 nitrogen and oxygen atoms in total. The van der Waals surface area contributed by atoms with E-state index in [1.807, 2.05) is 0 Å². The fourth-order valence-corrected chi connectivity index (χ4v) is 2.67. The molecule has 3 rings (SSSR count). The standard InChI is InChI=1S/C20H15ClF2O5/c1-20(2)27-18(24)15(19(25)28-20)8-12-7-13(21)4-6-17(12)26-10-11-3-5-14(22)9-16(11)23/h3-9H,10H2,1-2H3. The third-order valence-corrected chi connectivity index (χ3v) is 4.02. The van der Waals surface area contributed by atoms with Gasteiger partial charge in [-0.3, -0.25) is 0 Å². The van der Waals surface area contributed by atoms with Crippen LogP contribution in [0.15, 0.2) is 42.0 Å². The van der Waals surface area contributed by atoms with E-state index in [-0.39, 0.29) is 23.5 Å². The lowest BCUT2D eigenvalue weighted by Gasteiger charge is -2.29. The monoisotopic (exact) mass is 408 g/mol. The van der Waals surface area contributed by atoms with Crippen molar-refractivity contribution in [3.8, 4) is 5.75 Å². The van der Waals surface area contributed by atoms with Crippen LogP contribution in [0.5, 0.6) is 5.75 Å². The van der Waals surface area contributed by atoms with E-state index >= 15 is 0 Å². The Kier molecular flexibility index (Phi) is 5.38. The highest BCUT2D eigenvalue weighted by Gasteiger charge is 2.39. The molecule has 1 saturated heterocycles. The van der Waals surface area contributed by atoms with Crippen LogP contribution in [-0.4, -0.2) is 17.7 Å². The first kappa shape index (κ1) is 19.8. The number of halogens is 3. The van der Waals surface area contributed by atoms with Crippen molar-refractivity contribution in [2.24, 2.45) is 0 Å². The van der Waals surface area contributed by atoms with E-state index in [1.54, 1.807) is 0 Å². The lowest BCUT2D eigenvalue weighted by molar-refractivity contribution is -0.222. The molecule has 0 atom stereocenters. The zero-order valence-electron chi connectivity index (χ0n) is 14.9. The van der Waals surface area contributed by atoms with E-state index in [9.17, 15) is 18.4 Å². The summed E-state index contributed by atoms with van der Waals surface area (Å²) in [6.07, 6.45) is 1.22. The number of benzene rings is 2. The van der Waals surface area contributed by atoms with Crippen molar-refractivity contribution in [1.82, 2.24) is 0 Å². The number of esters is 2. The van der Waals surface area contributed by atoms with Crippen molar-refractivity contribution in [3.05, 3.63) is 69.8 Å². The fraction of sp³-hybridized carbons (Fsp3) is 0.200. The fourth-order valence-electron chi connectivity index (χ4n) is 2.49. The first-order valence-corrected chi connectivity index (χ1v) is 8.57. The van der Waals surface area contributed by atoms with Crippen LogP contribution in [0, 0.1) is 11.6 Å². The molecule has 0 N–H and O–H groups in total. The number of hydrogen-bond acceptors (Lipinski definition) is 5. The molecule has 0 spiro atoms. The molecule has 2 aromatic rings. The first-order valence-electron chi connectivity index (χ1n) is 8.19. The summed E-state index contributed by atoms with van der Waals surface area (Å²) >= 11 is 5.99. The molecule has 0 bridgehead atoms. The molecule has 1 fully saturated rings. The van der Waals surface area contributed by atoms with Gasteiger partial charge < -0.3 is 14.2 Å². The van der Waals surface area contributed by atoms with Crippen LogP contribution in [-0.2, 0) is 25.7 Å². The minimum atomic E-state index is -1.36. The van der Waals surface area contributed by atoms with Crippen molar-refractivity contribution in [1.29, 1.82) is 0 Å². The van der Waals surface area contributed by atoms with Gasteiger partial charge in [-0.05, 0) is 36.4 Å². The van der Waals surface area contributed by atoms with Crippen LogP contribution in [0.1, 0.15) is 25.0 Å². The quantitative estimate of drug-likeness (QED) is 0.426. The molecule has 1 aliphatic heterocycles. The Morgan fingerprint density at radius 2 is 1.75 bits per heavy atom. The second-order valence-electron chi connectivity index (χ2n) is 6.44. The van der Waals surface area contributed by atoms with E-state index in [0.717, 1.165) is 12.1 Å². The minimum absolute atomic E-state index is 0.133. The molecule has 0 aromatic heterocycles. The molecule has 0 amide bonds. The average molecular weight is 409 g/mol. The Morgan fingerprint density at radius 1 is 1.07 bits per heavy atom.